The fraction of sp³-hybridized carbons (Fsp3) is 0.788. The number of rotatable bonds is 9. The van der Waals surface area contributed by atoms with Crippen LogP contribution in [0.25, 0.3) is 0 Å². The van der Waals surface area contributed by atoms with Gasteiger partial charge in [0.2, 0.25) is 0 Å². The maximum atomic E-state index is 13.7. The van der Waals surface area contributed by atoms with Crippen molar-refractivity contribution in [2.24, 2.45) is 34.5 Å². The van der Waals surface area contributed by atoms with Gasteiger partial charge in [0, 0.05) is 82.5 Å². The maximum absolute atomic E-state index is 13.7. The second kappa shape index (κ2) is 10.3. The van der Waals surface area contributed by atoms with E-state index in [0.29, 0.717) is 37.4 Å². The van der Waals surface area contributed by atoms with Crippen LogP contribution in [0.1, 0.15) is 36.5 Å². The van der Waals surface area contributed by atoms with Gasteiger partial charge in [-0.1, -0.05) is 6.92 Å². The molecule has 0 radical (unpaired) electrons. The predicted octanol–water partition coefficient (Wildman–Crippen LogP) is 1.12. The first-order valence-corrected chi connectivity index (χ1v) is 15.9. The molecule has 1 heterocycles. The zero-order valence-electron chi connectivity index (χ0n) is 26.5. The van der Waals surface area contributed by atoms with Crippen molar-refractivity contribution in [2.45, 2.75) is 73.9 Å². The minimum atomic E-state index is -1.54. The van der Waals surface area contributed by atoms with E-state index in [1.54, 1.807) is 52.7 Å². The van der Waals surface area contributed by atoms with Crippen LogP contribution in [0, 0.1) is 34.5 Å². The lowest BCUT2D eigenvalue weighted by Gasteiger charge is -2.70. The number of esters is 1. The summed E-state index contributed by atoms with van der Waals surface area (Å²) in [6.07, 6.45) is -2.51. The summed E-state index contributed by atoms with van der Waals surface area (Å²) in [6.45, 7) is 3.73. The Balaban J connectivity index is 1.42. The minimum absolute atomic E-state index is 0.146. The highest BCUT2D eigenvalue weighted by Crippen LogP contribution is 2.80. The molecule has 3 unspecified atom stereocenters. The summed E-state index contributed by atoms with van der Waals surface area (Å²) < 4.78 is 36.2. The normalized spacial score (nSPS) is 50.0. The number of benzene rings is 1. The van der Waals surface area contributed by atoms with Crippen molar-refractivity contribution in [1.29, 1.82) is 0 Å². The lowest BCUT2D eigenvalue weighted by Crippen LogP contribution is -2.79. The molecular formula is C33H47NO10. The summed E-state index contributed by atoms with van der Waals surface area (Å²) in [6, 6.07) is 6.50. The number of hydrogen-bond acceptors (Lipinski definition) is 11. The van der Waals surface area contributed by atoms with Crippen molar-refractivity contribution in [3.63, 3.8) is 0 Å². The molecule has 1 spiro atoms. The lowest BCUT2D eigenvalue weighted by molar-refractivity contribution is -0.298. The van der Waals surface area contributed by atoms with Crippen molar-refractivity contribution in [3.8, 4) is 5.75 Å². The molecule has 244 valence electrons. The Kier molecular flexibility index (Phi) is 7.24. The number of methoxy groups -OCH3 is 5. The van der Waals surface area contributed by atoms with Gasteiger partial charge in [-0.25, -0.2) is 4.79 Å². The van der Waals surface area contributed by atoms with Gasteiger partial charge in [0.15, 0.2) is 0 Å². The second-order valence-electron chi connectivity index (χ2n) is 14.2. The van der Waals surface area contributed by atoms with E-state index < -0.39 is 64.3 Å². The zero-order valence-corrected chi connectivity index (χ0v) is 26.5. The highest BCUT2D eigenvalue weighted by Gasteiger charge is 2.89. The van der Waals surface area contributed by atoms with Crippen LogP contribution < -0.4 is 4.74 Å². The number of carbonyl (C=O) groups is 1. The number of nitrogens with zero attached hydrogens (tertiary/aromatic N) is 1. The fourth-order valence-electron chi connectivity index (χ4n) is 12.0. The van der Waals surface area contributed by atoms with Gasteiger partial charge in [-0.05, 0) is 43.1 Å². The van der Waals surface area contributed by atoms with E-state index in [9.17, 15) is 20.1 Å². The first-order valence-electron chi connectivity index (χ1n) is 15.9. The molecule has 1 saturated heterocycles. The van der Waals surface area contributed by atoms with Crippen LogP contribution >= 0.6 is 0 Å². The molecule has 5 aliphatic carbocycles. The van der Waals surface area contributed by atoms with Crippen LogP contribution in [0.5, 0.6) is 5.75 Å². The van der Waals surface area contributed by atoms with Gasteiger partial charge >= 0.3 is 5.97 Å². The van der Waals surface area contributed by atoms with Gasteiger partial charge in [-0.3, -0.25) is 4.90 Å². The topological polar surface area (TPSA) is 136 Å². The van der Waals surface area contributed by atoms with Crippen LogP contribution in [0.2, 0.25) is 0 Å². The van der Waals surface area contributed by atoms with Gasteiger partial charge in [0.1, 0.15) is 17.5 Å². The third kappa shape index (κ3) is 3.48. The average molecular weight is 618 g/mol. The molecule has 6 aliphatic rings. The van der Waals surface area contributed by atoms with E-state index in [2.05, 4.69) is 11.8 Å². The Morgan fingerprint density at radius 3 is 2.25 bits per heavy atom. The van der Waals surface area contributed by atoms with E-state index >= 15 is 0 Å². The number of piperidine rings is 1. The SMILES string of the molecule is CCN1C[C@@]2(COC)C3[C@@H](OC)[C@H]4[C@@H]1[C@@]3(C1C[C@]3(O)[C@@H](OC)C[C@@]4(O)C1[C@H]3OC(=O)c1ccc(OC)cc1)[C@@H](OC)C[C@H]2O. The third-order valence-corrected chi connectivity index (χ3v) is 13.1. The monoisotopic (exact) mass is 617 g/mol. The highest BCUT2D eigenvalue weighted by molar-refractivity contribution is 5.89. The van der Waals surface area contributed by atoms with Crippen molar-refractivity contribution in [3.05, 3.63) is 29.8 Å². The Hall–Kier alpha value is -1.83. The van der Waals surface area contributed by atoms with Crippen LogP contribution in [0.15, 0.2) is 24.3 Å². The highest BCUT2D eigenvalue weighted by atomic mass is 16.6. The van der Waals surface area contributed by atoms with Crippen LogP contribution in [-0.4, -0.2) is 129 Å². The minimum Gasteiger partial charge on any atom is -0.497 e. The Labute approximate surface area is 258 Å². The molecule has 3 N–H and O–H groups in total. The second-order valence-corrected chi connectivity index (χ2v) is 14.2. The van der Waals surface area contributed by atoms with Gasteiger partial charge in [0.25, 0.3) is 0 Å². The van der Waals surface area contributed by atoms with Crippen molar-refractivity contribution in [1.82, 2.24) is 4.90 Å². The molecule has 7 bridgehead atoms. The van der Waals surface area contributed by atoms with E-state index in [1.807, 2.05) is 0 Å². The average Bonchev–Trinajstić information content (AvgIpc) is 3.41. The van der Waals surface area contributed by atoms with Crippen molar-refractivity contribution >= 4 is 5.97 Å². The smallest absolute Gasteiger partial charge is 0.338 e. The van der Waals surface area contributed by atoms with E-state index in [4.69, 9.17) is 28.4 Å². The molecule has 7 rings (SSSR count). The van der Waals surface area contributed by atoms with Crippen molar-refractivity contribution in [2.75, 3.05) is 55.2 Å². The van der Waals surface area contributed by atoms with E-state index in [-0.39, 0.29) is 36.8 Å². The van der Waals surface area contributed by atoms with Crippen LogP contribution in [0.3, 0.4) is 0 Å². The molecule has 1 aliphatic heterocycles. The summed E-state index contributed by atoms with van der Waals surface area (Å²) in [4.78, 5) is 16.1. The molecule has 1 aromatic rings. The number of ether oxygens (including phenoxy) is 6. The summed E-state index contributed by atoms with van der Waals surface area (Å²) >= 11 is 0. The molecule has 11 nitrogen and oxygen atoms in total. The summed E-state index contributed by atoms with van der Waals surface area (Å²) in [5, 5.41) is 37.7. The molecular weight excluding hydrogens is 570 g/mol. The first-order chi connectivity index (χ1) is 21.1. The standard InChI is InChI=1S/C33H47NO10/c1-7-34-15-30(16-39-2)20(35)12-21(41-4)33-19-13-31(37)22(42-5)14-32(38,24(27(33)34)25(43-6)26(30)33)23(19)28(31)44-29(36)17-8-10-18(40-3)11-9-17/h8-11,19-28,35,37-38H,7,12-16H2,1-6H3/t19?,20-,21+,22+,23?,24+,25+,26?,27-,28-,30+,31+,32-,33+/m1/s1. The summed E-state index contributed by atoms with van der Waals surface area (Å²) in [5.74, 6) is -1.54. The number of aliphatic hydroxyl groups excluding tert-OH is 1. The van der Waals surface area contributed by atoms with Crippen LogP contribution in [0.4, 0.5) is 0 Å². The number of hydrogen-bond donors (Lipinski definition) is 3. The number of aliphatic hydroxyl groups is 3. The van der Waals surface area contributed by atoms with Crippen LogP contribution in [-0.2, 0) is 23.7 Å². The predicted molar refractivity (Wildman–Crippen MR) is 156 cm³/mol. The van der Waals surface area contributed by atoms with E-state index in [0.717, 1.165) is 0 Å². The molecule has 6 fully saturated rings. The van der Waals surface area contributed by atoms with Gasteiger partial charge in [-0.15, -0.1) is 0 Å². The first kappa shape index (κ1) is 30.8. The Bertz CT molecular complexity index is 1280. The number of fused-ring (bicyclic) bond motifs is 2. The molecule has 1 aromatic carbocycles. The van der Waals surface area contributed by atoms with Gasteiger partial charge < -0.3 is 43.7 Å². The van der Waals surface area contributed by atoms with Gasteiger partial charge in [0.05, 0.1) is 49.3 Å². The Morgan fingerprint density at radius 1 is 0.955 bits per heavy atom. The fourth-order valence-corrected chi connectivity index (χ4v) is 12.0. The molecule has 0 aromatic heterocycles. The summed E-state index contributed by atoms with van der Waals surface area (Å²) in [5.41, 5.74) is -3.92. The maximum Gasteiger partial charge on any atom is 0.338 e. The van der Waals surface area contributed by atoms with Gasteiger partial charge in [-0.2, -0.15) is 0 Å². The third-order valence-electron chi connectivity index (χ3n) is 13.1. The number of likely N-dealkylation sites (tertiary alicyclic amines) is 1. The molecule has 0 amide bonds. The molecule has 5 saturated carbocycles. The van der Waals surface area contributed by atoms with Crippen molar-refractivity contribution < 1.29 is 48.5 Å². The number of carbonyl (C=O) groups excluding carboxylic acids is 1. The largest absolute Gasteiger partial charge is 0.497 e. The lowest BCUT2D eigenvalue weighted by atomic mass is 9.42. The molecule has 44 heavy (non-hydrogen) atoms. The summed E-state index contributed by atoms with van der Waals surface area (Å²) in [7, 11) is 8.13. The Morgan fingerprint density at radius 2 is 1.66 bits per heavy atom. The molecule has 11 heteroatoms. The quantitative estimate of drug-likeness (QED) is 0.344. The van der Waals surface area contributed by atoms with E-state index in [1.165, 1.54) is 7.11 Å². The molecule has 14 atom stereocenters. The zero-order chi connectivity index (χ0) is 31.4.